The molecule has 1 unspecified atom stereocenters. The number of nitrogens with zero attached hydrogens (tertiary/aromatic N) is 1. The summed E-state index contributed by atoms with van der Waals surface area (Å²) in [6, 6.07) is 4.67. The molecule has 2 nitrogen and oxygen atoms in total. The Balaban J connectivity index is 2.41. The minimum absolute atomic E-state index is 0.482. The summed E-state index contributed by atoms with van der Waals surface area (Å²) in [4.78, 5) is 4.19. The van der Waals surface area contributed by atoms with E-state index >= 15 is 0 Å². The van der Waals surface area contributed by atoms with Crippen LogP contribution in [0.2, 0.25) is 0 Å². The summed E-state index contributed by atoms with van der Waals surface area (Å²) in [6.45, 7) is 5.44. The van der Waals surface area contributed by atoms with Crippen LogP contribution in [0.5, 0.6) is 0 Å². The average molecular weight is 220 g/mol. The Labute approximate surface area is 99.5 Å². The molecule has 90 valence electrons. The Morgan fingerprint density at radius 3 is 2.75 bits per heavy atom. The number of unbranched alkanes of at least 4 members (excludes halogenated alkanes) is 3. The third-order valence-electron chi connectivity index (χ3n) is 2.88. The van der Waals surface area contributed by atoms with Crippen molar-refractivity contribution < 1.29 is 0 Å². The van der Waals surface area contributed by atoms with Gasteiger partial charge in [0.1, 0.15) is 0 Å². The molecule has 1 N–H and O–H groups in total. The van der Waals surface area contributed by atoms with Crippen LogP contribution in [0.25, 0.3) is 0 Å². The Morgan fingerprint density at radius 2 is 2.12 bits per heavy atom. The van der Waals surface area contributed by atoms with Crippen LogP contribution in [0, 0.1) is 0 Å². The fourth-order valence-electron chi connectivity index (χ4n) is 1.99. The van der Waals surface area contributed by atoms with E-state index in [1.807, 2.05) is 18.5 Å². The van der Waals surface area contributed by atoms with Crippen molar-refractivity contribution in [3.63, 3.8) is 0 Å². The standard InChI is InChI=1S/C14H24N2/c1-3-5-6-7-10-14(16-4-2)13-9-8-11-15-12-13/h8-9,11-12,14,16H,3-7,10H2,1-2H3. The van der Waals surface area contributed by atoms with Crippen LogP contribution in [0.15, 0.2) is 24.5 Å². The number of aromatic nitrogens is 1. The molecule has 0 spiro atoms. The Kier molecular flexibility index (Phi) is 6.82. The second kappa shape index (κ2) is 8.28. The van der Waals surface area contributed by atoms with Gasteiger partial charge >= 0.3 is 0 Å². The molecule has 0 aliphatic carbocycles. The molecule has 1 atom stereocenters. The summed E-state index contributed by atoms with van der Waals surface area (Å²) < 4.78 is 0. The van der Waals surface area contributed by atoms with E-state index < -0.39 is 0 Å². The monoisotopic (exact) mass is 220 g/mol. The lowest BCUT2D eigenvalue weighted by Gasteiger charge is -2.17. The molecule has 0 saturated carbocycles. The first kappa shape index (κ1) is 13.2. The molecule has 0 aromatic carbocycles. The fraction of sp³-hybridized carbons (Fsp3) is 0.643. The van der Waals surface area contributed by atoms with E-state index in [0.717, 1.165) is 6.54 Å². The first-order valence-electron chi connectivity index (χ1n) is 6.51. The van der Waals surface area contributed by atoms with Crippen LogP contribution >= 0.6 is 0 Å². The van der Waals surface area contributed by atoms with Gasteiger partial charge in [-0.15, -0.1) is 0 Å². The maximum absolute atomic E-state index is 4.19. The van der Waals surface area contributed by atoms with Gasteiger partial charge in [-0.25, -0.2) is 0 Å². The van der Waals surface area contributed by atoms with Crippen molar-refractivity contribution in [2.45, 2.75) is 52.0 Å². The van der Waals surface area contributed by atoms with E-state index in [0.29, 0.717) is 6.04 Å². The van der Waals surface area contributed by atoms with Crippen LogP contribution in [0.1, 0.15) is 57.6 Å². The predicted molar refractivity (Wildman–Crippen MR) is 69.4 cm³/mol. The second-order valence-corrected chi connectivity index (χ2v) is 4.25. The van der Waals surface area contributed by atoms with Crippen LogP contribution in [0.3, 0.4) is 0 Å². The molecule has 0 bridgehead atoms. The Morgan fingerprint density at radius 1 is 1.25 bits per heavy atom. The van der Waals surface area contributed by atoms with E-state index in [-0.39, 0.29) is 0 Å². The van der Waals surface area contributed by atoms with E-state index in [1.165, 1.54) is 37.7 Å². The van der Waals surface area contributed by atoms with E-state index in [2.05, 4.69) is 30.2 Å². The highest BCUT2D eigenvalue weighted by atomic mass is 14.9. The van der Waals surface area contributed by atoms with Gasteiger partial charge in [0.05, 0.1) is 0 Å². The van der Waals surface area contributed by atoms with Crippen LogP contribution in [-0.2, 0) is 0 Å². The largest absolute Gasteiger partial charge is 0.310 e. The number of nitrogens with one attached hydrogen (secondary N) is 1. The summed E-state index contributed by atoms with van der Waals surface area (Å²) in [7, 11) is 0. The van der Waals surface area contributed by atoms with Crippen molar-refractivity contribution in [3.05, 3.63) is 30.1 Å². The lowest BCUT2D eigenvalue weighted by atomic mass is 10.0. The van der Waals surface area contributed by atoms with Gasteiger partial charge in [0.15, 0.2) is 0 Å². The maximum Gasteiger partial charge on any atom is 0.0335 e. The van der Waals surface area contributed by atoms with E-state index in [1.54, 1.807) is 0 Å². The van der Waals surface area contributed by atoms with Crippen LogP contribution in [-0.4, -0.2) is 11.5 Å². The molecule has 0 amide bonds. The zero-order chi connectivity index (χ0) is 11.6. The van der Waals surface area contributed by atoms with Gasteiger partial charge < -0.3 is 5.32 Å². The minimum Gasteiger partial charge on any atom is -0.310 e. The van der Waals surface area contributed by atoms with Crippen LogP contribution in [0.4, 0.5) is 0 Å². The van der Waals surface area contributed by atoms with Gasteiger partial charge in [-0.3, -0.25) is 4.98 Å². The summed E-state index contributed by atoms with van der Waals surface area (Å²) in [5, 5.41) is 3.54. The van der Waals surface area contributed by atoms with Gasteiger partial charge in [0, 0.05) is 18.4 Å². The Hall–Kier alpha value is -0.890. The fourth-order valence-corrected chi connectivity index (χ4v) is 1.99. The number of hydrogen-bond acceptors (Lipinski definition) is 2. The van der Waals surface area contributed by atoms with E-state index in [4.69, 9.17) is 0 Å². The smallest absolute Gasteiger partial charge is 0.0335 e. The molecular weight excluding hydrogens is 196 g/mol. The molecule has 0 fully saturated rings. The van der Waals surface area contributed by atoms with Crippen molar-refractivity contribution in [3.8, 4) is 0 Å². The first-order valence-corrected chi connectivity index (χ1v) is 6.51. The third kappa shape index (κ3) is 4.75. The average Bonchev–Trinajstić information content (AvgIpc) is 2.34. The predicted octanol–water partition coefficient (Wildman–Crippen LogP) is 3.70. The first-order chi connectivity index (χ1) is 7.88. The maximum atomic E-state index is 4.19. The molecule has 2 heteroatoms. The lowest BCUT2D eigenvalue weighted by Crippen LogP contribution is -2.20. The van der Waals surface area contributed by atoms with Gasteiger partial charge in [0.2, 0.25) is 0 Å². The van der Waals surface area contributed by atoms with Gasteiger partial charge in [0.25, 0.3) is 0 Å². The molecular formula is C14H24N2. The number of hydrogen-bond donors (Lipinski definition) is 1. The molecule has 0 aliphatic rings. The molecule has 1 rings (SSSR count). The summed E-state index contributed by atoms with van der Waals surface area (Å²) in [6.07, 6.45) is 10.3. The molecule has 1 aromatic rings. The Bertz CT molecular complexity index is 259. The second-order valence-electron chi connectivity index (χ2n) is 4.25. The van der Waals surface area contributed by atoms with Crippen molar-refractivity contribution in [2.24, 2.45) is 0 Å². The molecule has 16 heavy (non-hydrogen) atoms. The van der Waals surface area contributed by atoms with Crippen molar-refractivity contribution in [2.75, 3.05) is 6.54 Å². The zero-order valence-corrected chi connectivity index (χ0v) is 10.6. The van der Waals surface area contributed by atoms with Gasteiger partial charge in [-0.1, -0.05) is 45.6 Å². The molecule has 0 aliphatic heterocycles. The van der Waals surface area contributed by atoms with Crippen molar-refractivity contribution in [1.82, 2.24) is 10.3 Å². The lowest BCUT2D eigenvalue weighted by molar-refractivity contribution is 0.481. The highest BCUT2D eigenvalue weighted by molar-refractivity contribution is 5.13. The van der Waals surface area contributed by atoms with Gasteiger partial charge in [-0.05, 0) is 24.6 Å². The van der Waals surface area contributed by atoms with Crippen molar-refractivity contribution >= 4 is 0 Å². The molecule has 1 aromatic heterocycles. The summed E-state index contributed by atoms with van der Waals surface area (Å²) in [5.41, 5.74) is 1.32. The SMILES string of the molecule is CCCCCCC(NCC)c1cccnc1. The topological polar surface area (TPSA) is 24.9 Å². The molecule has 0 saturated heterocycles. The third-order valence-corrected chi connectivity index (χ3v) is 2.88. The quantitative estimate of drug-likeness (QED) is 0.676. The zero-order valence-electron chi connectivity index (χ0n) is 10.6. The van der Waals surface area contributed by atoms with E-state index in [9.17, 15) is 0 Å². The summed E-state index contributed by atoms with van der Waals surface area (Å²) in [5.74, 6) is 0. The number of pyridine rings is 1. The molecule has 1 heterocycles. The highest BCUT2D eigenvalue weighted by Gasteiger charge is 2.09. The minimum atomic E-state index is 0.482. The summed E-state index contributed by atoms with van der Waals surface area (Å²) >= 11 is 0. The number of rotatable bonds is 8. The highest BCUT2D eigenvalue weighted by Crippen LogP contribution is 2.19. The van der Waals surface area contributed by atoms with Crippen LogP contribution < -0.4 is 5.32 Å². The normalized spacial score (nSPS) is 12.6. The van der Waals surface area contributed by atoms with Crippen molar-refractivity contribution in [1.29, 1.82) is 0 Å². The molecule has 0 radical (unpaired) electrons. The van der Waals surface area contributed by atoms with Gasteiger partial charge in [-0.2, -0.15) is 0 Å².